The summed E-state index contributed by atoms with van der Waals surface area (Å²) in [6.45, 7) is 5.03. The first kappa shape index (κ1) is 16.1. The first-order valence-electron chi connectivity index (χ1n) is 8.10. The molecule has 0 spiro atoms. The summed E-state index contributed by atoms with van der Waals surface area (Å²) in [5.41, 5.74) is 2.32. The predicted molar refractivity (Wildman–Crippen MR) is 89.5 cm³/mol. The average Bonchev–Trinajstić information content (AvgIpc) is 2.99. The van der Waals surface area contributed by atoms with Crippen molar-refractivity contribution >= 4 is 0 Å². The maximum absolute atomic E-state index is 10.4. The highest BCUT2D eigenvalue weighted by atomic mass is 16.5. The molecule has 0 aliphatic heterocycles. The molecule has 1 aromatic heterocycles. The largest absolute Gasteiger partial charge is 0.497 e. The van der Waals surface area contributed by atoms with E-state index >= 15 is 0 Å². The Morgan fingerprint density at radius 2 is 2.04 bits per heavy atom. The highest BCUT2D eigenvalue weighted by Gasteiger charge is 2.34. The molecule has 0 radical (unpaired) electrons. The Morgan fingerprint density at radius 3 is 2.74 bits per heavy atom. The molecule has 1 aliphatic rings. The lowest BCUT2D eigenvalue weighted by atomic mass is 9.75. The number of methoxy groups -OCH3 is 1. The van der Waals surface area contributed by atoms with Gasteiger partial charge in [-0.2, -0.15) is 0 Å². The van der Waals surface area contributed by atoms with Gasteiger partial charge in [0.05, 0.1) is 19.5 Å². The molecular formula is C19H25NO3. The lowest BCUT2D eigenvalue weighted by Crippen LogP contribution is -2.34. The Labute approximate surface area is 137 Å². The highest BCUT2D eigenvalue weighted by molar-refractivity contribution is 5.29. The van der Waals surface area contributed by atoms with Crippen molar-refractivity contribution in [2.24, 2.45) is 5.41 Å². The molecule has 0 bridgehead atoms. The number of furan rings is 1. The van der Waals surface area contributed by atoms with E-state index in [0.29, 0.717) is 6.54 Å². The van der Waals surface area contributed by atoms with Gasteiger partial charge in [0.15, 0.2) is 0 Å². The van der Waals surface area contributed by atoms with E-state index in [4.69, 9.17) is 9.15 Å². The van der Waals surface area contributed by atoms with Crippen LogP contribution in [0.1, 0.15) is 49.3 Å². The minimum absolute atomic E-state index is 0.202. The van der Waals surface area contributed by atoms with Crippen LogP contribution in [0.25, 0.3) is 0 Å². The van der Waals surface area contributed by atoms with Crippen LogP contribution in [0.4, 0.5) is 0 Å². The Morgan fingerprint density at radius 1 is 1.30 bits per heavy atom. The smallest absolute Gasteiger partial charge is 0.118 e. The van der Waals surface area contributed by atoms with Crippen LogP contribution in [0.3, 0.4) is 0 Å². The quantitative estimate of drug-likeness (QED) is 0.885. The molecule has 1 heterocycles. The van der Waals surface area contributed by atoms with E-state index in [-0.39, 0.29) is 11.5 Å². The zero-order chi connectivity index (χ0) is 16.4. The highest BCUT2D eigenvalue weighted by Crippen LogP contribution is 2.41. The van der Waals surface area contributed by atoms with Gasteiger partial charge in [-0.3, -0.25) is 0 Å². The van der Waals surface area contributed by atoms with Crippen molar-refractivity contribution in [1.29, 1.82) is 0 Å². The number of fused-ring (bicyclic) bond motifs is 1. The fraction of sp³-hybridized carbons (Fsp3) is 0.474. The Balaban J connectivity index is 1.65. The summed E-state index contributed by atoms with van der Waals surface area (Å²) in [5.74, 6) is 1.86. The van der Waals surface area contributed by atoms with Crippen LogP contribution in [0, 0.1) is 5.41 Å². The number of hydrogen-bond donors (Lipinski definition) is 2. The Kier molecular flexibility index (Phi) is 4.46. The van der Waals surface area contributed by atoms with Gasteiger partial charge in [-0.15, -0.1) is 0 Å². The van der Waals surface area contributed by atoms with Crippen molar-refractivity contribution in [2.75, 3.05) is 13.7 Å². The van der Waals surface area contributed by atoms with E-state index in [2.05, 4.69) is 19.2 Å². The van der Waals surface area contributed by atoms with Crippen molar-refractivity contribution in [3.63, 3.8) is 0 Å². The number of nitrogens with one attached hydrogen (secondary N) is 1. The maximum Gasteiger partial charge on any atom is 0.118 e. The standard InChI is InChI=1S/C19H25NO3/c1-19(2)10-16(15-8-9-23-18(15)11-19)20-12-17(21)13-4-6-14(22-3)7-5-13/h4-9,16-17,20-21H,10-12H2,1-3H3/t16-,17-/m1/s1. The molecule has 0 fully saturated rings. The Hall–Kier alpha value is -1.78. The molecule has 1 aliphatic carbocycles. The van der Waals surface area contributed by atoms with E-state index in [1.54, 1.807) is 13.4 Å². The van der Waals surface area contributed by atoms with Gasteiger partial charge in [0.1, 0.15) is 11.5 Å². The summed E-state index contributed by atoms with van der Waals surface area (Å²) in [6.07, 6.45) is 3.23. The van der Waals surface area contributed by atoms with E-state index in [9.17, 15) is 5.11 Å². The molecule has 0 unspecified atom stereocenters. The zero-order valence-electron chi connectivity index (χ0n) is 14.0. The third-order valence-corrected chi connectivity index (χ3v) is 4.61. The summed E-state index contributed by atoms with van der Waals surface area (Å²) in [5, 5.41) is 13.9. The molecule has 2 N–H and O–H groups in total. The van der Waals surface area contributed by atoms with Crippen molar-refractivity contribution in [3.8, 4) is 5.75 Å². The molecule has 0 saturated carbocycles. The molecule has 1 aromatic carbocycles. The summed E-state index contributed by atoms with van der Waals surface area (Å²) < 4.78 is 10.8. The SMILES string of the molecule is COc1ccc([C@H](O)CN[C@@H]2CC(C)(C)Cc3occc32)cc1. The number of aliphatic hydroxyl groups is 1. The Bertz CT molecular complexity index is 645. The molecule has 0 amide bonds. The fourth-order valence-electron chi connectivity index (χ4n) is 3.35. The molecule has 3 rings (SSSR count). The third kappa shape index (κ3) is 3.59. The van der Waals surface area contributed by atoms with Gasteiger partial charge in [-0.25, -0.2) is 0 Å². The van der Waals surface area contributed by atoms with Crippen LogP contribution in [-0.2, 0) is 6.42 Å². The van der Waals surface area contributed by atoms with Crippen LogP contribution in [-0.4, -0.2) is 18.8 Å². The van der Waals surface area contributed by atoms with Crippen LogP contribution < -0.4 is 10.1 Å². The van der Waals surface area contributed by atoms with E-state index in [1.165, 1.54) is 5.56 Å². The molecule has 4 nitrogen and oxygen atoms in total. The van der Waals surface area contributed by atoms with Gasteiger partial charge in [0.25, 0.3) is 0 Å². The van der Waals surface area contributed by atoms with Gasteiger partial charge in [-0.05, 0) is 35.6 Å². The number of rotatable bonds is 5. The molecule has 124 valence electrons. The van der Waals surface area contributed by atoms with Crippen molar-refractivity contribution in [3.05, 3.63) is 53.5 Å². The van der Waals surface area contributed by atoms with Crippen LogP contribution in [0.15, 0.2) is 41.0 Å². The number of hydrogen-bond acceptors (Lipinski definition) is 4. The van der Waals surface area contributed by atoms with Crippen LogP contribution >= 0.6 is 0 Å². The normalized spacial score (nSPS) is 20.8. The second-order valence-electron chi connectivity index (χ2n) is 7.09. The second-order valence-corrected chi connectivity index (χ2v) is 7.09. The van der Waals surface area contributed by atoms with Crippen molar-refractivity contribution < 1.29 is 14.3 Å². The molecule has 2 atom stereocenters. The molecular weight excluding hydrogens is 290 g/mol. The molecule has 0 saturated heterocycles. The van der Waals surface area contributed by atoms with Gasteiger partial charge < -0.3 is 19.6 Å². The van der Waals surface area contributed by atoms with E-state index in [0.717, 1.165) is 29.9 Å². The summed E-state index contributed by atoms with van der Waals surface area (Å²) >= 11 is 0. The van der Waals surface area contributed by atoms with E-state index in [1.807, 2.05) is 30.3 Å². The third-order valence-electron chi connectivity index (χ3n) is 4.61. The van der Waals surface area contributed by atoms with Gasteiger partial charge in [0, 0.05) is 24.6 Å². The number of benzene rings is 1. The summed E-state index contributed by atoms with van der Waals surface area (Å²) in [4.78, 5) is 0. The fourth-order valence-corrected chi connectivity index (χ4v) is 3.35. The van der Waals surface area contributed by atoms with Crippen LogP contribution in [0.5, 0.6) is 5.75 Å². The van der Waals surface area contributed by atoms with Gasteiger partial charge in [-0.1, -0.05) is 26.0 Å². The monoisotopic (exact) mass is 315 g/mol. The van der Waals surface area contributed by atoms with E-state index < -0.39 is 6.10 Å². The minimum atomic E-state index is -0.540. The molecule has 2 aromatic rings. The summed E-state index contributed by atoms with van der Waals surface area (Å²) in [6, 6.07) is 9.81. The minimum Gasteiger partial charge on any atom is -0.497 e. The molecule has 4 heteroatoms. The second kappa shape index (κ2) is 6.38. The first-order valence-corrected chi connectivity index (χ1v) is 8.10. The zero-order valence-corrected chi connectivity index (χ0v) is 14.0. The van der Waals surface area contributed by atoms with Crippen molar-refractivity contribution in [2.45, 2.75) is 38.8 Å². The lowest BCUT2D eigenvalue weighted by Gasteiger charge is -2.35. The van der Waals surface area contributed by atoms with Gasteiger partial charge >= 0.3 is 0 Å². The summed E-state index contributed by atoms with van der Waals surface area (Å²) in [7, 11) is 1.64. The topological polar surface area (TPSA) is 54.6 Å². The van der Waals surface area contributed by atoms with Crippen molar-refractivity contribution in [1.82, 2.24) is 5.32 Å². The van der Waals surface area contributed by atoms with Crippen LogP contribution in [0.2, 0.25) is 0 Å². The first-order chi connectivity index (χ1) is 11.0. The average molecular weight is 315 g/mol. The maximum atomic E-state index is 10.4. The molecule has 23 heavy (non-hydrogen) atoms. The number of ether oxygens (including phenoxy) is 1. The predicted octanol–water partition coefficient (Wildman–Crippen LogP) is 3.62. The lowest BCUT2D eigenvalue weighted by molar-refractivity contribution is 0.157. The number of aliphatic hydroxyl groups excluding tert-OH is 1. The van der Waals surface area contributed by atoms with Gasteiger partial charge in [0.2, 0.25) is 0 Å².